The van der Waals surface area contributed by atoms with Crippen LogP contribution in [0.25, 0.3) is 0 Å². The molecular weight excluding hydrogens is 266 g/mol. The second kappa shape index (κ2) is 5.60. The minimum atomic E-state index is 0.0166. The number of hydrogen-bond acceptors (Lipinski definition) is 5. The Hall–Kier alpha value is -1.69. The molecule has 3 heterocycles. The monoisotopic (exact) mass is 289 g/mol. The van der Waals surface area contributed by atoms with E-state index in [9.17, 15) is 0 Å². The highest BCUT2D eigenvalue weighted by molar-refractivity contribution is 5.06. The Kier molecular flexibility index (Phi) is 3.80. The van der Waals surface area contributed by atoms with Crippen molar-refractivity contribution >= 4 is 0 Å². The van der Waals surface area contributed by atoms with Gasteiger partial charge >= 0.3 is 0 Å². The van der Waals surface area contributed by atoms with Gasteiger partial charge in [0.05, 0.1) is 5.69 Å². The average molecular weight is 289 g/mol. The molecule has 2 aromatic heterocycles. The maximum atomic E-state index is 5.39. The van der Waals surface area contributed by atoms with Crippen LogP contribution in [0.1, 0.15) is 44.1 Å². The minimum Gasteiger partial charge on any atom is -0.339 e. The van der Waals surface area contributed by atoms with E-state index in [4.69, 9.17) is 4.52 Å². The summed E-state index contributed by atoms with van der Waals surface area (Å²) in [6, 6.07) is 2.11. The molecule has 6 heteroatoms. The molecule has 1 aliphatic rings. The molecule has 1 saturated heterocycles. The topological polar surface area (TPSA) is 60.0 Å². The van der Waals surface area contributed by atoms with E-state index < -0.39 is 0 Å². The lowest BCUT2D eigenvalue weighted by Crippen LogP contribution is -2.41. The standard InChI is InChI=1S/C15H23N5O/c1-4-20-13(5-8-16-20)11-19-9-6-15(3,7-10-19)14-17-12(2)18-21-14/h5,8H,4,6-7,9-11H2,1-3H3. The van der Waals surface area contributed by atoms with Crippen LogP contribution in [0.3, 0.4) is 0 Å². The number of aromatic nitrogens is 4. The third-order valence-electron chi connectivity index (χ3n) is 4.49. The third kappa shape index (κ3) is 2.85. The third-order valence-corrected chi connectivity index (χ3v) is 4.49. The second-order valence-corrected chi connectivity index (χ2v) is 6.12. The van der Waals surface area contributed by atoms with Gasteiger partial charge in [-0.15, -0.1) is 0 Å². The van der Waals surface area contributed by atoms with Crippen molar-refractivity contribution in [2.75, 3.05) is 13.1 Å². The Morgan fingerprint density at radius 2 is 2.10 bits per heavy atom. The smallest absolute Gasteiger partial charge is 0.232 e. The number of likely N-dealkylation sites (tertiary alicyclic amines) is 1. The molecule has 0 spiro atoms. The molecule has 2 aromatic rings. The highest BCUT2D eigenvalue weighted by Gasteiger charge is 2.36. The van der Waals surface area contributed by atoms with Gasteiger partial charge in [-0.1, -0.05) is 12.1 Å². The van der Waals surface area contributed by atoms with Crippen molar-refractivity contribution < 1.29 is 4.52 Å². The van der Waals surface area contributed by atoms with Crippen LogP contribution in [0.5, 0.6) is 0 Å². The van der Waals surface area contributed by atoms with E-state index in [1.54, 1.807) is 0 Å². The highest BCUT2D eigenvalue weighted by atomic mass is 16.5. The van der Waals surface area contributed by atoms with E-state index in [1.165, 1.54) is 5.69 Å². The van der Waals surface area contributed by atoms with Gasteiger partial charge in [-0.25, -0.2) is 0 Å². The summed E-state index contributed by atoms with van der Waals surface area (Å²) in [7, 11) is 0. The van der Waals surface area contributed by atoms with Crippen LogP contribution in [-0.2, 0) is 18.5 Å². The minimum absolute atomic E-state index is 0.0166. The van der Waals surface area contributed by atoms with E-state index in [0.29, 0.717) is 0 Å². The van der Waals surface area contributed by atoms with Crippen molar-refractivity contribution in [2.45, 2.75) is 52.1 Å². The molecule has 0 aliphatic carbocycles. The van der Waals surface area contributed by atoms with Crippen LogP contribution in [-0.4, -0.2) is 37.9 Å². The van der Waals surface area contributed by atoms with E-state index in [-0.39, 0.29) is 5.41 Å². The summed E-state index contributed by atoms with van der Waals surface area (Å²) in [5.74, 6) is 1.51. The maximum Gasteiger partial charge on any atom is 0.232 e. The van der Waals surface area contributed by atoms with E-state index in [0.717, 1.165) is 50.7 Å². The molecule has 0 bridgehead atoms. The van der Waals surface area contributed by atoms with Crippen LogP contribution in [0, 0.1) is 6.92 Å². The fourth-order valence-corrected chi connectivity index (χ4v) is 2.97. The van der Waals surface area contributed by atoms with Crippen molar-refractivity contribution in [3.8, 4) is 0 Å². The molecule has 0 atom stereocenters. The van der Waals surface area contributed by atoms with E-state index in [1.807, 2.05) is 13.1 Å². The maximum absolute atomic E-state index is 5.39. The zero-order valence-electron chi connectivity index (χ0n) is 13.0. The van der Waals surface area contributed by atoms with Crippen molar-refractivity contribution in [3.63, 3.8) is 0 Å². The summed E-state index contributed by atoms with van der Waals surface area (Å²) in [5, 5.41) is 8.26. The van der Waals surface area contributed by atoms with Crippen LogP contribution in [0.15, 0.2) is 16.8 Å². The summed E-state index contributed by atoms with van der Waals surface area (Å²) in [4.78, 5) is 6.90. The van der Waals surface area contributed by atoms with Crippen LogP contribution >= 0.6 is 0 Å². The molecule has 114 valence electrons. The van der Waals surface area contributed by atoms with Gasteiger partial charge in [-0.2, -0.15) is 10.1 Å². The molecule has 21 heavy (non-hydrogen) atoms. The van der Waals surface area contributed by atoms with Crippen LogP contribution in [0.2, 0.25) is 0 Å². The van der Waals surface area contributed by atoms with Gasteiger partial charge in [0.15, 0.2) is 5.82 Å². The number of piperidine rings is 1. The van der Waals surface area contributed by atoms with Gasteiger partial charge in [0.25, 0.3) is 0 Å². The molecular formula is C15H23N5O. The number of hydrogen-bond donors (Lipinski definition) is 0. The first-order valence-electron chi connectivity index (χ1n) is 7.64. The molecule has 0 amide bonds. The zero-order valence-corrected chi connectivity index (χ0v) is 13.0. The molecule has 0 radical (unpaired) electrons. The van der Waals surface area contributed by atoms with Gasteiger partial charge in [0.1, 0.15) is 0 Å². The van der Waals surface area contributed by atoms with Crippen molar-refractivity contribution in [1.29, 1.82) is 0 Å². The highest BCUT2D eigenvalue weighted by Crippen LogP contribution is 2.34. The van der Waals surface area contributed by atoms with Crippen LogP contribution < -0.4 is 0 Å². The predicted octanol–water partition coefficient (Wildman–Crippen LogP) is 2.15. The zero-order chi connectivity index (χ0) is 14.9. The summed E-state index contributed by atoms with van der Waals surface area (Å²) in [5.41, 5.74) is 1.30. The first kappa shape index (κ1) is 14.3. The Bertz CT molecular complexity index is 595. The number of nitrogens with zero attached hydrogens (tertiary/aromatic N) is 5. The van der Waals surface area contributed by atoms with Crippen LogP contribution in [0.4, 0.5) is 0 Å². The summed E-state index contributed by atoms with van der Waals surface area (Å²) < 4.78 is 7.46. The lowest BCUT2D eigenvalue weighted by atomic mass is 9.80. The van der Waals surface area contributed by atoms with E-state index >= 15 is 0 Å². The fourth-order valence-electron chi connectivity index (χ4n) is 2.97. The Balaban J connectivity index is 1.62. The predicted molar refractivity (Wildman–Crippen MR) is 78.8 cm³/mol. The quantitative estimate of drug-likeness (QED) is 0.863. The lowest BCUT2D eigenvalue weighted by Gasteiger charge is -2.36. The molecule has 1 fully saturated rings. The van der Waals surface area contributed by atoms with Crippen molar-refractivity contribution in [1.82, 2.24) is 24.8 Å². The number of aryl methyl sites for hydroxylation is 2. The molecule has 0 aromatic carbocycles. The average Bonchev–Trinajstić information content (AvgIpc) is 3.10. The first-order chi connectivity index (χ1) is 10.1. The lowest BCUT2D eigenvalue weighted by molar-refractivity contribution is 0.134. The molecule has 0 N–H and O–H groups in total. The number of rotatable bonds is 4. The Labute approximate surface area is 125 Å². The molecule has 0 saturated carbocycles. The SMILES string of the molecule is CCn1nccc1CN1CCC(C)(c2nc(C)no2)CC1. The van der Waals surface area contributed by atoms with Gasteiger partial charge in [0.2, 0.25) is 5.89 Å². The molecule has 1 aliphatic heterocycles. The van der Waals surface area contributed by atoms with Gasteiger partial charge in [-0.3, -0.25) is 9.58 Å². The Morgan fingerprint density at radius 1 is 1.33 bits per heavy atom. The van der Waals surface area contributed by atoms with Crippen molar-refractivity contribution in [3.05, 3.63) is 29.7 Å². The summed E-state index contributed by atoms with van der Waals surface area (Å²) >= 11 is 0. The largest absolute Gasteiger partial charge is 0.339 e. The molecule has 0 unspecified atom stereocenters. The van der Waals surface area contributed by atoms with Gasteiger partial charge in [-0.05, 0) is 45.8 Å². The summed E-state index contributed by atoms with van der Waals surface area (Å²) in [6.45, 7) is 10.2. The van der Waals surface area contributed by atoms with E-state index in [2.05, 4.69) is 44.7 Å². The molecule has 3 rings (SSSR count). The normalized spacial score (nSPS) is 19.0. The fraction of sp³-hybridized carbons (Fsp3) is 0.667. The first-order valence-corrected chi connectivity index (χ1v) is 7.64. The molecule has 6 nitrogen and oxygen atoms in total. The van der Waals surface area contributed by atoms with Gasteiger partial charge in [0, 0.05) is 24.7 Å². The van der Waals surface area contributed by atoms with Crippen molar-refractivity contribution in [2.24, 2.45) is 0 Å². The van der Waals surface area contributed by atoms with Gasteiger partial charge < -0.3 is 4.52 Å². The Morgan fingerprint density at radius 3 is 2.71 bits per heavy atom. The summed E-state index contributed by atoms with van der Waals surface area (Å²) in [6.07, 6.45) is 3.98. The second-order valence-electron chi connectivity index (χ2n) is 6.12.